The minimum Gasteiger partial charge on any atom is -0.494 e. The molecule has 2 aromatic rings. The fraction of sp³-hybridized carbons (Fsp3) is 0.364. The minimum atomic E-state index is -0.676. The van der Waals surface area contributed by atoms with Crippen molar-refractivity contribution in [3.8, 4) is 11.6 Å². The topological polar surface area (TPSA) is 92.9 Å². The van der Waals surface area contributed by atoms with Crippen LogP contribution in [0.15, 0.2) is 22.0 Å². The summed E-state index contributed by atoms with van der Waals surface area (Å²) in [5, 5.41) is 14.0. The predicted octanol–water partition coefficient (Wildman–Crippen LogP) is 0.0102. The largest absolute Gasteiger partial charge is 0.494 e. The summed E-state index contributed by atoms with van der Waals surface area (Å²) in [6.45, 7) is 4.29. The Morgan fingerprint density at radius 3 is 2.67 bits per heavy atom. The standard InChI is InChI=1S/C11H14N4O3/c1-3-8-9(16)13-11(18)15(10(8)17)7-5-12-14(4-2)6-7/h5-6,17H,3-4H2,1-2H3,(H,13,16,18). The van der Waals surface area contributed by atoms with Gasteiger partial charge in [-0.15, -0.1) is 0 Å². The van der Waals surface area contributed by atoms with Gasteiger partial charge in [-0.3, -0.25) is 14.5 Å². The molecule has 0 aliphatic rings. The first kappa shape index (κ1) is 12.2. The molecule has 7 nitrogen and oxygen atoms in total. The van der Waals surface area contributed by atoms with E-state index in [1.807, 2.05) is 6.92 Å². The Morgan fingerprint density at radius 2 is 2.11 bits per heavy atom. The molecule has 0 unspecified atom stereocenters. The molecular weight excluding hydrogens is 236 g/mol. The fourth-order valence-electron chi connectivity index (χ4n) is 1.76. The molecule has 2 aromatic heterocycles. The molecule has 0 fully saturated rings. The second kappa shape index (κ2) is 4.52. The third-order valence-electron chi connectivity index (χ3n) is 2.73. The zero-order valence-electron chi connectivity index (χ0n) is 10.2. The first-order chi connectivity index (χ1) is 8.58. The van der Waals surface area contributed by atoms with Crippen molar-refractivity contribution >= 4 is 0 Å². The van der Waals surface area contributed by atoms with Gasteiger partial charge in [-0.2, -0.15) is 5.10 Å². The summed E-state index contributed by atoms with van der Waals surface area (Å²) in [6, 6.07) is 0. The quantitative estimate of drug-likeness (QED) is 0.802. The van der Waals surface area contributed by atoms with Crippen LogP contribution < -0.4 is 11.2 Å². The molecule has 0 amide bonds. The number of nitrogens with one attached hydrogen (secondary N) is 1. The van der Waals surface area contributed by atoms with Crippen molar-refractivity contribution in [2.45, 2.75) is 26.8 Å². The Kier molecular flexibility index (Phi) is 3.05. The summed E-state index contributed by atoms with van der Waals surface area (Å²) in [6.07, 6.45) is 3.42. The molecule has 0 bridgehead atoms. The van der Waals surface area contributed by atoms with Crippen LogP contribution in [0.2, 0.25) is 0 Å². The number of hydrogen-bond donors (Lipinski definition) is 2. The lowest BCUT2D eigenvalue weighted by Gasteiger charge is -2.07. The molecule has 7 heteroatoms. The van der Waals surface area contributed by atoms with Crippen molar-refractivity contribution in [1.29, 1.82) is 0 Å². The smallest absolute Gasteiger partial charge is 0.335 e. The second-order valence-corrected chi connectivity index (χ2v) is 3.80. The van der Waals surface area contributed by atoms with Gasteiger partial charge in [-0.1, -0.05) is 6.92 Å². The molecule has 0 saturated carbocycles. The monoisotopic (exact) mass is 250 g/mol. The van der Waals surface area contributed by atoms with Gasteiger partial charge in [0, 0.05) is 12.7 Å². The van der Waals surface area contributed by atoms with Crippen molar-refractivity contribution in [2.24, 2.45) is 0 Å². The van der Waals surface area contributed by atoms with Crippen molar-refractivity contribution in [2.75, 3.05) is 0 Å². The van der Waals surface area contributed by atoms with Gasteiger partial charge in [0.1, 0.15) is 0 Å². The number of aromatic amines is 1. The van der Waals surface area contributed by atoms with Crippen molar-refractivity contribution in [1.82, 2.24) is 19.3 Å². The van der Waals surface area contributed by atoms with Crippen LogP contribution in [0.4, 0.5) is 0 Å². The lowest BCUT2D eigenvalue weighted by atomic mass is 10.2. The lowest BCUT2D eigenvalue weighted by Crippen LogP contribution is -2.31. The van der Waals surface area contributed by atoms with Crippen LogP contribution in [-0.2, 0) is 13.0 Å². The van der Waals surface area contributed by atoms with E-state index in [-0.39, 0.29) is 11.4 Å². The molecule has 0 radical (unpaired) electrons. The van der Waals surface area contributed by atoms with Crippen LogP contribution in [0.3, 0.4) is 0 Å². The Balaban J connectivity index is 2.71. The molecule has 0 aromatic carbocycles. The average molecular weight is 250 g/mol. The maximum absolute atomic E-state index is 11.7. The Hall–Kier alpha value is -2.31. The number of rotatable bonds is 3. The molecule has 96 valence electrons. The van der Waals surface area contributed by atoms with Crippen LogP contribution in [0.1, 0.15) is 19.4 Å². The zero-order chi connectivity index (χ0) is 13.3. The zero-order valence-corrected chi connectivity index (χ0v) is 10.2. The fourth-order valence-corrected chi connectivity index (χ4v) is 1.76. The molecule has 0 saturated heterocycles. The minimum absolute atomic E-state index is 0.179. The first-order valence-corrected chi connectivity index (χ1v) is 5.68. The second-order valence-electron chi connectivity index (χ2n) is 3.80. The van der Waals surface area contributed by atoms with Gasteiger partial charge in [-0.25, -0.2) is 9.36 Å². The maximum Gasteiger partial charge on any atom is 0.335 e. The van der Waals surface area contributed by atoms with E-state index >= 15 is 0 Å². The van der Waals surface area contributed by atoms with Gasteiger partial charge in [-0.05, 0) is 13.3 Å². The van der Waals surface area contributed by atoms with E-state index in [0.717, 1.165) is 4.57 Å². The maximum atomic E-state index is 11.7. The normalized spacial score (nSPS) is 10.8. The molecule has 0 atom stereocenters. The van der Waals surface area contributed by atoms with Crippen LogP contribution in [0.25, 0.3) is 5.69 Å². The summed E-state index contributed by atoms with van der Waals surface area (Å²) in [5.74, 6) is -0.332. The van der Waals surface area contributed by atoms with Gasteiger partial charge < -0.3 is 5.11 Å². The van der Waals surface area contributed by atoms with E-state index < -0.39 is 11.2 Å². The average Bonchev–Trinajstić information content (AvgIpc) is 2.77. The number of aromatic hydroxyl groups is 1. The van der Waals surface area contributed by atoms with Crippen LogP contribution in [-0.4, -0.2) is 24.4 Å². The first-order valence-electron chi connectivity index (χ1n) is 5.68. The molecule has 0 spiro atoms. The Bertz CT molecular complexity index is 680. The number of H-pyrrole nitrogens is 1. The molecule has 18 heavy (non-hydrogen) atoms. The summed E-state index contributed by atoms with van der Waals surface area (Å²) in [7, 11) is 0. The molecule has 2 heterocycles. The van der Waals surface area contributed by atoms with E-state index in [9.17, 15) is 14.7 Å². The van der Waals surface area contributed by atoms with Gasteiger partial charge in [0.2, 0.25) is 5.88 Å². The van der Waals surface area contributed by atoms with Gasteiger partial charge in [0.05, 0.1) is 17.4 Å². The molecule has 0 aliphatic heterocycles. The molecule has 2 N–H and O–H groups in total. The molecule has 0 aliphatic carbocycles. The highest BCUT2D eigenvalue weighted by molar-refractivity contribution is 5.34. The lowest BCUT2D eigenvalue weighted by molar-refractivity contribution is 0.423. The number of aryl methyl sites for hydroxylation is 1. The number of nitrogens with zero attached hydrogens (tertiary/aromatic N) is 3. The third kappa shape index (κ3) is 1.83. The van der Waals surface area contributed by atoms with E-state index in [1.54, 1.807) is 17.8 Å². The summed E-state index contributed by atoms with van der Waals surface area (Å²) >= 11 is 0. The molecular formula is C11H14N4O3. The number of aromatic nitrogens is 4. The van der Waals surface area contributed by atoms with Crippen molar-refractivity contribution in [3.63, 3.8) is 0 Å². The summed E-state index contributed by atoms with van der Waals surface area (Å²) in [5.41, 5.74) is -0.631. The Morgan fingerprint density at radius 1 is 1.39 bits per heavy atom. The van der Waals surface area contributed by atoms with E-state index in [0.29, 0.717) is 18.7 Å². The van der Waals surface area contributed by atoms with E-state index in [4.69, 9.17) is 0 Å². The van der Waals surface area contributed by atoms with Crippen LogP contribution in [0, 0.1) is 0 Å². The van der Waals surface area contributed by atoms with Gasteiger partial charge >= 0.3 is 5.69 Å². The third-order valence-corrected chi connectivity index (χ3v) is 2.73. The summed E-state index contributed by atoms with van der Waals surface area (Å²) < 4.78 is 2.66. The highest BCUT2D eigenvalue weighted by atomic mass is 16.3. The SMILES string of the molecule is CCc1c(O)n(-c2cnn(CC)c2)c(=O)[nH]c1=O. The predicted molar refractivity (Wildman–Crippen MR) is 65.2 cm³/mol. The van der Waals surface area contributed by atoms with Crippen LogP contribution >= 0.6 is 0 Å². The van der Waals surface area contributed by atoms with E-state index in [2.05, 4.69) is 10.1 Å². The Labute approximate surface area is 102 Å². The van der Waals surface area contributed by atoms with E-state index in [1.165, 1.54) is 6.20 Å². The van der Waals surface area contributed by atoms with Gasteiger partial charge in [0.25, 0.3) is 5.56 Å². The van der Waals surface area contributed by atoms with Crippen molar-refractivity contribution < 1.29 is 5.11 Å². The van der Waals surface area contributed by atoms with Crippen molar-refractivity contribution in [3.05, 3.63) is 38.8 Å². The highest BCUT2D eigenvalue weighted by Crippen LogP contribution is 2.15. The molecule has 2 rings (SSSR count). The summed E-state index contributed by atoms with van der Waals surface area (Å²) in [4.78, 5) is 25.4. The number of hydrogen-bond acceptors (Lipinski definition) is 4. The highest BCUT2D eigenvalue weighted by Gasteiger charge is 2.14. The van der Waals surface area contributed by atoms with Gasteiger partial charge in [0.15, 0.2) is 0 Å². The van der Waals surface area contributed by atoms with Crippen LogP contribution in [0.5, 0.6) is 5.88 Å².